The van der Waals surface area contributed by atoms with Gasteiger partial charge >= 0.3 is 0 Å². The molecule has 0 aliphatic rings. The Morgan fingerprint density at radius 3 is 2.53 bits per heavy atom. The quantitative estimate of drug-likeness (QED) is 0.721. The van der Waals surface area contributed by atoms with E-state index in [0.29, 0.717) is 12.6 Å². The highest BCUT2D eigenvalue weighted by Crippen LogP contribution is 2.32. The van der Waals surface area contributed by atoms with Gasteiger partial charge < -0.3 is 16.2 Å². The van der Waals surface area contributed by atoms with Crippen molar-refractivity contribution in [3.8, 4) is 0 Å². The number of hydrogen-bond donors (Lipinski definition) is 3. The highest BCUT2D eigenvalue weighted by molar-refractivity contribution is 7.12. The minimum absolute atomic E-state index is 0.199. The van der Waals surface area contributed by atoms with Gasteiger partial charge in [-0.3, -0.25) is 0 Å². The maximum Gasteiger partial charge on any atom is 0.0541 e. The summed E-state index contributed by atoms with van der Waals surface area (Å²) < 4.78 is 0. The van der Waals surface area contributed by atoms with Gasteiger partial charge in [-0.05, 0) is 37.3 Å². The summed E-state index contributed by atoms with van der Waals surface area (Å²) in [5, 5.41) is 12.4. The van der Waals surface area contributed by atoms with Crippen molar-refractivity contribution in [1.29, 1.82) is 0 Å². The molecule has 1 aromatic rings. The Morgan fingerprint density at radius 2 is 2.05 bits per heavy atom. The van der Waals surface area contributed by atoms with E-state index in [1.165, 1.54) is 9.75 Å². The lowest BCUT2D eigenvalue weighted by atomic mass is 9.95. The van der Waals surface area contributed by atoms with Crippen LogP contribution in [0.5, 0.6) is 0 Å². The molecule has 0 aromatic carbocycles. The van der Waals surface area contributed by atoms with Crippen molar-refractivity contribution >= 4 is 11.3 Å². The van der Waals surface area contributed by atoms with Gasteiger partial charge in [-0.15, -0.1) is 11.3 Å². The summed E-state index contributed by atoms with van der Waals surface area (Å²) in [5.74, 6) is 0. The Kier molecular flexibility index (Phi) is 6.47. The maximum atomic E-state index is 8.87. The normalized spacial score (nSPS) is 15.5. The van der Waals surface area contributed by atoms with Crippen molar-refractivity contribution in [1.82, 2.24) is 5.32 Å². The van der Waals surface area contributed by atoms with Crippen LogP contribution in [-0.2, 0) is 5.41 Å². The predicted molar refractivity (Wildman–Crippen MR) is 83.7 cm³/mol. The molecular formula is C15H28N2OS. The minimum atomic E-state index is 0.199. The molecule has 4 N–H and O–H groups in total. The van der Waals surface area contributed by atoms with Crippen LogP contribution >= 0.6 is 11.3 Å². The molecule has 1 heterocycles. The zero-order chi connectivity index (χ0) is 14.5. The molecule has 0 amide bonds. The van der Waals surface area contributed by atoms with Crippen LogP contribution in [0.2, 0.25) is 0 Å². The van der Waals surface area contributed by atoms with Gasteiger partial charge in [0, 0.05) is 28.9 Å². The maximum absolute atomic E-state index is 8.87. The molecule has 0 fully saturated rings. The Labute approximate surface area is 121 Å². The van der Waals surface area contributed by atoms with E-state index in [4.69, 9.17) is 10.8 Å². The third-order valence-electron chi connectivity index (χ3n) is 3.23. The summed E-state index contributed by atoms with van der Waals surface area (Å²) in [6.07, 6.45) is 1.81. The number of aliphatic hydroxyl groups excluding tert-OH is 1. The number of nitrogens with two attached hydrogens (primary N) is 1. The molecule has 110 valence electrons. The van der Waals surface area contributed by atoms with Gasteiger partial charge in [0.1, 0.15) is 0 Å². The Balaban J connectivity index is 2.67. The molecular weight excluding hydrogens is 256 g/mol. The van der Waals surface area contributed by atoms with Gasteiger partial charge in [0.25, 0.3) is 0 Å². The van der Waals surface area contributed by atoms with Crippen LogP contribution in [0.4, 0.5) is 0 Å². The molecule has 2 atom stereocenters. The van der Waals surface area contributed by atoms with Crippen molar-refractivity contribution in [2.75, 3.05) is 13.2 Å². The monoisotopic (exact) mass is 284 g/mol. The molecule has 0 aliphatic heterocycles. The SMILES string of the molecule is CC(CCCO)NC(CN)c1ccc(C(C)(C)C)s1. The summed E-state index contributed by atoms with van der Waals surface area (Å²) in [4.78, 5) is 2.70. The van der Waals surface area contributed by atoms with Crippen LogP contribution in [0.25, 0.3) is 0 Å². The second-order valence-corrected chi connectivity index (χ2v) is 7.29. The molecule has 1 rings (SSSR count). The first kappa shape index (κ1) is 16.6. The van der Waals surface area contributed by atoms with Crippen LogP contribution in [0, 0.1) is 0 Å². The fourth-order valence-corrected chi connectivity index (χ4v) is 3.17. The van der Waals surface area contributed by atoms with E-state index in [-0.39, 0.29) is 18.1 Å². The average Bonchev–Trinajstić information content (AvgIpc) is 2.82. The molecule has 19 heavy (non-hydrogen) atoms. The molecule has 0 aliphatic carbocycles. The molecule has 2 unspecified atom stereocenters. The van der Waals surface area contributed by atoms with Crippen molar-refractivity contribution in [3.63, 3.8) is 0 Å². The van der Waals surface area contributed by atoms with E-state index in [2.05, 4.69) is 45.1 Å². The van der Waals surface area contributed by atoms with Gasteiger partial charge in [-0.1, -0.05) is 20.8 Å². The Morgan fingerprint density at radius 1 is 1.37 bits per heavy atom. The third kappa shape index (κ3) is 5.22. The van der Waals surface area contributed by atoms with E-state index >= 15 is 0 Å². The van der Waals surface area contributed by atoms with Gasteiger partial charge in [0.15, 0.2) is 0 Å². The highest BCUT2D eigenvalue weighted by atomic mass is 32.1. The molecule has 0 bridgehead atoms. The van der Waals surface area contributed by atoms with E-state index < -0.39 is 0 Å². The lowest BCUT2D eigenvalue weighted by Gasteiger charge is -2.21. The zero-order valence-corrected chi connectivity index (χ0v) is 13.4. The highest BCUT2D eigenvalue weighted by Gasteiger charge is 2.20. The summed E-state index contributed by atoms with van der Waals surface area (Å²) >= 11 is 1.85. The summed E-state index contributed by atoms with van der Waals surface area (Å²) in [5.41, 5.74) is 6.09. The molecule has 0 spiro atoms. The summed E-state index contributed by atoms with van der Waals surface area (Å²) in [6.45, 7) is 9.71. The molecule has 0 saturated carbocycles. The average molecular weight is 284 g/mol. The Hall–Kier alpha value is -0.420. The van der Waals surface area contributed by atoms with E-state index in [0.717, 1.165) is 12.8 Å². The van der Waals surface area contributed by atoms with Gasteiger partial charge in [0.05, 0.1) is 6.04 Å². The van der Waals surface area contributed by atoms with Crippen LogP contribution in [0.1, 0.15) is 56.3 Å². The molecule has 4 heteroatoms. The minimum Gasteiger partial charge on any atom is -0.396 e. The van der Waals surface area contributed by atoms with Gasteiger partial charge in [0.2, 0.25) is 0 Å². The number of hydrogen-bond acceptors (Lipinski definition) is 4. The molecule has 0 saturated heterocycles. The smallest absolute Gasteiger partial charge is 0.0541 e. The van der Waals surface area contributed by atoms with Crippen LogP contribution in [0.15, 0.2) is 12.1 Å². The lowest BCUT2D eigenvalue weighted by Crippen LogP contribution is -2.34. The number of rotatable bonds is 7. The summed E-state index contributed by atoms with van der Waals surface area (Å²) in [6, 6.07) is 4.99. The predicted octanol–water partition coefficient (Wildman–Crippen LogP) is 2.80. The fraction of sp³-hybridized carbons (Fsp3) is 0.733. The molecule has 3 nitrogen and oxygen atoms in total. The van der Waals surface area contributed by atoms with Crippen molar-refractivity contribution in [2.24, 2.45) is 5.73 Å². The van der Waals surface area contributed by atoms with Crippen molar-refractivity contribution < 1.29 is 5.11 Å². The largest absolute Gasteiger partial charge is 0.396 e. The molecule has 0 radical (unpaired) electrons. The first-order valence-corrected chi connectivity index (χ1v) is 7.87. The fourth-order valence-electron chi connectivity index (χ4n) is 2.03. The van der Waals surface area contributed by atoms with Gasteiger partial charge in [-0.2, -0.15) is 0 Å². The second-order valence-electron chi connectivity index (χ2n) is 6.17. The third-order valence-corrected chi connectivity index (χ3v) is 4.85. The van der Waals surface area contributed by atoms with Crippen LogP contribution < -0.4 is 11.1 Å². The topological polar surface area (TPSA) is 58.3 Å². The van der Waals surface area contributed by atoms with Crippen molar-refractivity contribution in [3.05, 3.63) is 21.9 Å². The number of thiophene rings is 1. The summed E-state index contributed by atoms with van der Waals surface area (Å²) in [7, 11) is 0. The van der Waals surface area contributed by atoms with Gasteiger partial charge in [-0.25, -0.2) is 0 Å². The first-order chi connectivity index (χ1) is 8.88. The van der Waals surface area contributed by atoms with E-state index in [1.807, 2.05) is 11.3 Å². The van der Waals surface area contributed by atoms with E-state index in [9.17, 15) is 0 Å². The second kappa shape index (κ2) is 7.39. The Bertz CT molecular complexity index is 370. The number of nitrogens with one attached hydrogen (secondary N) is 1. The molecule has 1 aromatic heterocycles. The number of aliphatic hydroxyl groups is 1. The van der Waals surface area contributed by atoms with Crippen LogP contribution in [-0.4, -0.2) is 24.3 Å². The van der Waals surface area contributed by atoms with Crippen molar-refractivity contribution in [2.45, 2.75) is 58.0 Å². The zero-order valence-electron chi connectivity index (χ0n) is 12.6. The van der Waals surface area contributed by atoms with E-state index in [1.54, 1.807) is 0 Å². The standard InChI is InChI=1S/C15H28N2OS/c1-11(6-5-9-18)17-12(10-16)13-7-8-14(19-13)15(2,3)4/h7-8,11-12,17-18H,5-6,9-10,16H2,1-4H3. The van der Waals surface area contributed by atoms with Crippen LogP contribution in [0.3, 0.4) is 0 Å². The lowest BCUT2D eigenvalue weighted by molar-refractivity contribution is 0.274. The first-order valence-electron chi connectivity index (χ1n) is 7.05.